The summed E-state index contributed by atoms with van der Waals surface area (Å²) >= 11 is 0. The molecule has 1 saturated heterocycles. The monoisotopic (exact) mass is 301 g/mol. The normalized spacial score (nSPS) is 17.7. The minimum absolute atomic E-state index is 0.0451. The predicted molar refractivity (Wildman–Crippen MR) is 79.1 cm³/mol. The van der Waals surface area contributed by atoms with Gasteiger partial charge in [0.25, 0.3) is 0 Å². The molecule has 0 N–H and O–H groups in total. The summed E-state index contributed by atoms with van der Waals surface area (Å²) in [6, 6.07) is 8.12. The van der Waals surface area contributed by atoms with E-state index in [-0.39, 0.29) is 18.5 Å². The zero-order valence-electron chi connectivity index (χ0n) is 12.6. The first-order valence-corrected chi connectivity index (χ1v) is 7.51. The van der Waals surface area contributed by atoms with Crippen LogP contribution in [0.5, 0.6) is 5.75 Å². The van der Waals surface area contributed by atoms with E-state index < -0.39 is 0 Å². The molecule has 0 radical (unpaired) electrons. The zero-order chi connectivity index (χ0) is 15.4. The molecule has 0 unspecified atom stereocenters. The van der Waals surface area contributed by atoms with E-state index >= 15 is 0 Å². The van der Waals surface area contributed by atoms with Crippen LogP contribution in [-0.4, -0.2) is 44.2 Å². The number of likely N-dealkylation sites (tertiary alicyclic amines) is 1. The fourth-order valence-corrected chi connectivity index (χ4v) is 2.85. The first kappa shape index (κ1) is 14.5. The third-order valence-corrected chi connectivity index (χ3v) is 3.84. The third-order valence-electron chi connectivity index (χ3n) is 3.84. The molecule has 116 valence electrons. The molecule has 1 atom stereocenters. The molecule has 7 heteroatoms. The number of amides is 1. The van der Waals surface area contributed by atoms with Gasteiger partial charge in [0.2, 0.25) is 5.91 Å². The van der Waals surface area contributed by atoms with Gasteiger partial charge in [0.15, 0.2) is 0 Å². The molecular weight excluding hydrogens is 282 g/mol. The lowest BCUT2D eigenvalue weighted by molar-refractivity contribution is -0.133. The fraction of sp³-hybridized carbons (Fsp3) is 0.467. The van der Waals surface area contributed by atoms with Crippen LogP contribution in [0.25, 0.3) is 0 Å². The predicted octanol–water partition coefficient (Wildman–Crippen LogP) is 1.44. The first-order valence-electron chi connectivity index (χ1n) is 7.51. The molecule has 0 bridgehead atoms. The largest absolute Gasteiger partial charge is 0.494 e. The maximum Gasteiger partial charge on any atom is 0.244 e. The van der Waals surface area contributed by atoms with Crippen LogP contribution < -0.4 is 4.74 Å². The van der Waals surface area contributed by atoms with Crippen LogP contribution in [0.4, 0.5) is 0 Å². The van der Waals surface area contributed by atoms with Gasteiger partial charge in [0.1, 0.15) is 18.6 Å². The van der Waals surface area contributed by atoms with E-state index in [1.165, 1.54) is 11.0 Å². The second-order valence-corrected chi connectivity index (χ2v) is 5.25. The van der Waals surface area contributed by atoms with Gasteiger partial charge in [-0.25, -0.2) is 4.68 Å². The Balaban J connectivity index is 1.70. The quantitative estimate of drug-likeness (QED) is 0.835. The molecule has 1 fully saturated rings. The molecule has 2 heterocycles. The Bertz CT molecular complexity index is 611. The molecule has 3 rings (SSSR count). The van der Waals surface area contributed by atoms with Gasteiger partial charge in [-0.3, -0.25) is 4.79 Å². The minimum Gasteiger partial charge on any atom is -0.494 e. The highest BCUT2D eigenvalue weighted by Crippen LogP contribution is 2.32. The van der Waals surface area contributed by atoms with E-state index in [9.17, 15) is 4.79 Å². The van der Waals surface area contributed by atoms with Crippen LogP contribution in [0.2, 0.25) is 0 Å². The second kappa shape index (κ2) is 6.55. The lowest BCUT2D eigenvalue weighted by atomic mass is 10.0. The van der Waals surface area contributed by atoms with E-state index in [4.69, 9.17) is 4.74 Å². The number of nitrogens with zero attached hydrogens (tertiary/aromatic N) is 5. The van der Waals surface area contributed by atoms with Crippen molar-refractivity contribution in [3.05, 3.63) is 36.2 Å². The Labute approximate surface area is 128 Å². The molecule has 22 heavy (non-hydrogen) atoms. The topological polar surface area (TPSA) is 73.1 Å². The Morgan fingerprint density at radius 3 is 2.86 bits per heavy atom. The molecule has 1 amide bonds. The van der Waals surface area contributed by atoms with Gasteiger partial charge >= 0.3 is 0 Å². The Kier molecular flexibility index (Phi) is 4.32. The number of tetrazole rings is 1. The summed E-state index contributed by atoms with van der Waals surface area (Å²) in [5.41, 5.74) is 1.14. The van der Waals surface area contributed by atoms with Gasteiger partial charge in [-0.2, -0.15) is 0 Å². The van der Waals surface area contributed by atoms with Gasteiger partial charge in [-0.05, 0) is 47.9 Å². The average molecular weight is 301 g/mol. The summed E-state index contributed by atoms with van der Waals surface area (Å²) in [4.78, 5) is 14.4. The number of benzene rings is 1. The molecule has 1 aliphatic heterocycles. The number of aromatic nitrogens is 4. The maximum absolute atomic E-state index is 12.5. The van der Waals surface area contributed by atoms with Crippen molar-refractivity contribution < 1.29 is 9.53 Å². The van der Waals surface area contributed by atoms with Gasteiger partial charge in [0, 0.05) is 6.54 Å². The van der Waals surface area contributed by atoms with E-state index in [0.29, 0.717) is 6.61 Å². The van der Waals surface area contributed by atoms with E-state index in [0.717, 1.165) is 30.7 Å². The van der Waals surface area contributed by atoms with E-state index in [2.05, 4.69) is 15.5 Å². The Morgan fingerprint density at radius 2 is 2.18 bits per heavy atom. The summed E-state index contributed by atoms with van der Waals surface area (Å²) in [7, 11) is 0. The zero-order valence-corrected chi connectivity index (χ0v) is 12.6. The smallest absolute Gasteiger partial charge is 0.244 e. The lowest BCUT2D eigenvalue weighted by Gasteiger charge is -2.25. The number of ether oxygens (including phenoxy) is 1. The van der Waals surface area contributed by atoms with Crippen molar-refractivity contribution in [2.75, 3.05) is 13.2 Å². The minimum atomic E-state index is 0.0451. The van der Waals surface area contributed by atoms with Gasteiger partial charge in [0.05, 0.1) is 12.6 Å². The average Bonchev–Trinajstić information content (AvgIpc) is 3.19. The molecule has 0 spiro atoms. The van der Waals surface area contributed by atoms with Crippen LogP contribution in [0, 0.1) is 0 Å². The number of hydrogen-bond donors (Lipinski definition) is 0. The van der Waals surface area contributed by atoms with Crippen LogP contribution in [0.15, 0.2) is 30.6 Å². The maximum atomic E-state index is 12.5. The number of carbonyl (C=O) groups is 1. The Morgan fingerprint density at radius 1 is 1.36 bits per heavy atom. The summed E-state index contributed by atoms with van der Waals surface area (Å²) in [6.45, 7) is 3.57. The molecule has 0 aliphatic carbocycles. The number of rotatable bonds is 5. The summed E-state index contributed by atoms with van der Waals surface area (Å²) in [5, 5.41) is 10.9. The van der Waals surface area contributed by atoms with E-state index in [1.54, 1.807) is 0 Å². The summed E-state index contributed by atoms with van der Waals surface area (Å²) in [6.07, 6.45) is 3.45. The van der Waals surface area contributed by atoms with Crippen LogP contribution in [0.3, 0.4) is 0 Å². The highest BCUT2D eigenvalue weighted by Gasteiger charge is 2.30. The molecule has 7 nitrogen and oxygen atoms in total. The molecule has 1 aromatic carbocycles. The van der Waals surface area contributed by atoms with Crippen LogP contribution >= 0.6 is 0 Å². The van der Waals surface area contributed by atoms with Crippen molar-refractivity contribution in [2.45, 2.75) is 32.4 Å². The molecule has 0 saturated carbocycles. The first-order chi connectivity index (χ1) is 10.8. The van der Waals surface area contributed by atoms with Gasteiger partial charge in [-0.1, -0.05) is 12.1 Å². The second-order valence-electron chi connectivity index (χ2n) is 5.25. The van der Waals surface area contributed by atoms with E-state index in [1.807, 2.05) is 36.1 Å². The van der Waals surface area contributed by atoms with Crippen molar-refractivity contribution in [1.29, 1.82) is 0 Å². The highest BCUT2D eigenvalue weighted by molar-refractivity contribution is 5.76. The highest BCUT2D eigenvalue weighted by atomic mass is 16.5. The van der Waals surface area contributed by atoms with Gasteiger partial charge in [-0.15, -0.1) is 5.10 Å². The van der Waals surface area contributed by atoms with Crippen LogP contribution in [-0.2, 0) is 11.3 Å². The molecular formula is C15H19N5O2. The molecule has 1 aromatic heterocycles. The van der Waals surface area contributed by atoms with Crippen molar-refractivity contribution in [3.8, 4) is 5.75 Å². The molecule has 2 aromatic rings. The van der Waals surface area contributed by atoms with Crippen molar-refractivity contribution in [1.82, 2.24) is 25.1 Å². The van der Waals surface area contributed by atoms with Crippen LogP contribution in [0.1, 0.15) is 31.4 Å². The molecule has 1 aliphatic rings. The third kappa shape index (κ3) is 3.08. The standard InChI is InChI=1S/C15H19N5O2/c1-2-22-13-7-5-12(6-8-13)14-4-3-9-20(14)15(21)10-19-11-16-17-18-19/h5-8,11,14H,2-4,9-10H2,1H3/t14-/m0/s1. The lowest BCUT2D eigenvalue weighted by Crippen LogP contribution is -2.33. The van der Waals surface area contributed by atoms with Gasteiger partial charge < -0.3 is 9.64 Å². The van der Waals surface area contributed by atoms with Crippen molar-refractivity contribution in [3.63, 3.8) is 0 Å². The number of carbonyl (C=O) groups excluding carboxylic acids is 1. The summed E-state index contributed by atoms with van der Waals surface area (Å²) in [5.74, 6) is 0.902. The Hall–Kier alpha value is -2.44. The van der Waals surface area contributed by atoms with Crippen molar-refractivity contribution in [2.24, 2.45) is 0 Å². The fourth-order valence-electron chi connectivity index (χ4n) is 2.85. The number of hydrogen-bond acceptors (Lipinski definition) is 5. The SMILES string of the molecule is CCOc1ccc([C@@H]2CCCN2C(=O)Cn2cnnn2)cc1. The summed E-state index contributed by atoms with van der Waals surface area (Å²) < 4.78 is 6.92. The van der Waals surface area contributed by atoms with Crippen molar-refractivity contribution >= 4 is 5.91 Å².